The summed E-state index contributed by atoms with van der Waals surface area (Å²) in [5.74, 6) is 0.209. The van der Waals surface area contributed by atoms with E-state index in [0.29, 0.717) is 11.1 Å². The van der Waals surface area contributed by atoms with E-state index in [2.05, 4.69) is 10.1 Å². The Morgan fingerprint density at radius 2 is 1.88 bits per heavy atom. The van der Waals surface area contributed by atoms with Crippen LogP contribution in [0.4, 0.5) is 23.8 Å². The lowest BCUT2D eigenvalue weighted by atomic mass is 10.1. The topological polar surface area (TPSA) is 83.6 Å². The lowest BCUT2D eigenvalue weighted by molar-refractivity contribution is -0.137. The summed E-state index contributed by atoms with van der Waals surface area (Å²) in [7, 11) is 3.25. The number of carbonyl (C=O) groups is 1. The van der Waals surface area contributed by atoms with Crippen LogP contribution >= 0.6 is 0 Å². The average Bonchev–Trinajstić information content (AvgIpc) is 2.54. The van der Waals surface area contributed by atoms with Gasteiger partial charge in [0.25, 0.3) is 0 Å². The molecule has 9 heteroatoms. The number of benzene rings is 1. The highest BCUT2D eigenvalue weighted by molar-refractivity contribution is 5.82. The van der Waals surface area contributed by atoms with E-state index in [1.165, 1.54) is 11.1 Å². The van der Waals surface area contributed by atoms with E-state index in [1.54, 1.807) is 38.4 Å². The number of nitrogens with two attached hydrogens (primary N) is 1. The average molecular weight is 351 g/mol. The van der Waals surface area contributed by atoms with E-state index < -0.39 is 17.8 Å². The zero-order valence-electron chi connectivity index (χ0n) is 13.5. The quantitative estimate of drug-likeness (QED) is 0.656. The zero-order chi connectivity index (χ0) is 18.6. The number of alkyl halides is 3. The van der Waals surface area contributed by atoms with Crippen molar-refractivity contribution in [1.82, 2.24) is 10.4 Å². The molecule has 0 atom stereocenters. The SMILES string of the molecule is CN(C)c1cc(C(F)(F)F)cc(-c2ccc(C=NNC(N)=O)cc2)n1. The Kier molecular flexibility index (Phi) is 5.26. The van der Waals surface area contributed by atoms with Gasteiger partial charge >= 0.3 is 12.2 Å². The second-order valence-corrected chi connectivity index (χ2v) is 5.35. The van der Waals surface area contributed by atoms with Crippen LogP contribution < -0.4 is 16.1 Å². The van der Waals surface area contributed by atoms with Crippen LogP contribution in [-0.2, 0) is 6.18 Å². The van der Waals surface area contributed by atoms with Gasteiger partial charge in [0.15, 0.2) is 0 Å². The number of hydrogen-bond donors (Lipinski definition) is 2. The number of amides is 2. The predicted molar refractivity (Wildman–Crippen MR) is 89.3 cm³/mol. The number of hydrazone groups is 1. The Morgan fingerprint density at radius 1 is 1.24 bits per heavy atom. The second kappa shape index (κ2) is 7.20. The minimum absolute atomic E-state index is 0.206. The van der Waals surface area contributed by atoms with Crippen molar-refractivity contribution in [2.75, 3.05) is 19.0 Å². The van der Waals surface area contributed by atoms with Crippen molar-refractivity contribution in [3.8, 4) is 11.3 Å². The smallest absolute Gasteiger partial charge is 0.363 e. The first-order valence-electron chi connectivity index (χ1n) is 7.12. The Morgan fingerprint density at radius 3 is 2.40 bits per heavy atom. The Labute approximate surface area is 142 Å². The van der Waals surface area contributed by atoms with Gasteiger partial charge in [-0.25, -0.2) is 15.2 Å². The minimum Gasteiger partial charge on any atom is -0.363 e. The summed E-state index contributed by atoms with van der Waals surface area (Å²) in [6.07, 6.45) is -3.10. The lowest BCUT2D eigenvalue weighted by Gasteiger charge is -2.16. The number of nitrogens with zero attached hydrogens (tertiary/aromatic N) is 3. The molecule has 2 rings (SSSR count). The van der Waals surface area contributed by atoms with E-state index in [4.69, 9.17) is 5.73 Å². The van der Waals surface area contributed by atoms with Crippen molar-refractivity contribution in [2.45, 2.75) is 6.18 Å². The summed E-state index contributed by atoms with van der Waals surface area (Å²) >= 11 is 0. The first-order chi connectivity index (χ1) is 11.7. The van der Waals surface area contributed by atoms with Gasteiger partial charge in [0.1, 0.15) is 5.82 Å². The third kappa shape index (κ3) is 4.93. The molecular weight excluding hydrogens is 335 g/mol. The number of nitrogens with one attached hydrogen (secondary N) is 1. The van der Waals surface area contributed by atoms with Gasteiger partial charge in [-0.1, -0.05) is 24.3 Å². The van der Waals surface area contributed by atoms with Crippen molar-refractivity contribution in [3.63, 3.8) is 0 Å². The molecule has 1 aromatic carbocycles. The standard InChI is InChI=1S/C16H16F3N5O/c1-24(2)14-8-12(16(17,18)19)7-13(22-14)11-5-3-10(4-6-11)9-21-23-15(20)25/h3-9H,1-2H3,(H3,20,23,25). The number of anilines is 1. The van der Waals surface area contributed by atoms with Gasteiger partial charge in [0.2, 0.25) is 0 Å². The summed E-state index contributed by atoms with van der Waals surface area (Å²) < 4.78 is 39.3. The highest BCUT2D eigenvalue weighted by atomic mass is 19.4. The summed E-state index contributed by atoms with van der Waals surface area (Å²) in [5, 5.41) is 3.61. The van der Waals surface area contributed by atoms with Gasteiger partial charge in [-0.3, -0.25) is 0 Å². The number of carbonyl (C=O) groups excluding carboxylic acids is 1. The molecule has 0 fully saturated rings. The van der Waals surface area contributed by atoms with Crippen molar-refractivity contribution >= 4 is 18.1 Å². The molecule has 0 saturated heterocycles. The number of urea groups is 1. The van der Waals surface area contributed by atoms with Crippen LogP contribution in [0.15, 0.2) is 41.5 Å². The maximum atomic E-state index is 13.1. The van der Waals surface area contributed by atoms with Crippen LogP contribution in [-0.4, -0.2) is 31.3 Å². The van der Waals surface area contributed by atoms with Gasteiger partial charge < -0.3 is 10.6 Å². The maximum absolute atomic E-state index is 13.1. The summed E-state index contributed by atoms with van der Waals surface area (Å²) in [6.45, 7) is 0. The fraction of sp³-hybridized carbons (Fsp3) is 0.188. The molecule has 1 aromatic heterocycles. The molecule has 0 aliphatic carbocycles. The second-order valence-electron chi connectivity index (χ2n) is 5.35. The summed E-state index contributed by atoms with van der Waals surface area (Å²) in [4.78, 5) is 16.3. The fourth-order valence-electron chi connectivity index (χ4n) is 1.97. The third-order valence-electron chi connectivity index (χ3n) is 3.19. The summed E-state index contributed by atoms with van der Waals surface area (Å²) in [6, 6.07) is 7.72. The molecule has 132 valence electrons. The highest BCUT2D eigenvalue weighted by Crippen LogP contribution is 2.33. The van der Waals surface area contributed by atoms with Gasteiger partial charge in [0.05, 0.1) is 17.5 Å². The molecular formula is C16H16F3N5O. The monoisotopic (exact) mass is 351 g/mol. The van der Waals surface area contributed by atoms with Crippen LogP contribution in [0.25, 0.3) is 11.3 Å². The number of hydrogen-bond acceptors (Lipinski definition) is 4. The fourth-order valence-corrected chi connectivity index (χ4v) is 1.97. The van der Waals surface area contributed by atoms with Crippen LogP contribution in [0, 0.1) is 0 Å². The Bertz CT molecular complexity index is 785. The number of rotatable bonds is 4. The molecule has 0 bridgehead atoms. The van der Waals surface area contributed by atoms with E-state index in [1.807, 2.05) is 5.43 Å². The third-order valence-corrected chi connectivity index (χ3v) is 3.19. The van der Waals surface area contributed by atoms with E-state index in [0.717, 1.165) is 12.1 Å². The van der Waals surface area contributed by atoms with Gasteiger partial charge in [-0.05, 0) is 17.7 Å². The van der Waals surface area contributed by atoms with Crippen molar-refractivity contribution < 1.29 is 18.0 Å². The molecule has 0 radical (unpaired) electrons. The van der Waals surface area contributed by atoms with E-state index in [-0.39, 0.29) is 11.5 Å². The molecule has 1 heterocycles. The largest absolute Gasteiger partial charge is 0.416 e. The van der Waals surface area contributed by atoms with Crippen LogP contribution in [0.1, 0.15) is 11.1 Å². The molecule has 2 amide bonds. The van der Waals surface area contributed by atoms with Gasteiger partial charge in [-0.2, -0.15) is 18.3 Å². The normalized spacial score (nSPS) is 11.6. The molecule has 0 unspecified atom stereocenters. The molecule has 0 saturated carbocycles. The number of aromatic nitrogens is 1. The van der Waals surface area contributed by atoms with E-state index in [9.17, 15) is 18.0 Å². The number of pyridine rings is 1. The molecule has 3 N–H and O–H groups in total. The van der Waals surface area contributed by atoms with Crippen molar-refractivity contribution in [1.29, 1.82) is 0 Å². The Hall–Kier alpha value is -3.10. The van der Waals surface area contributed by atoms with Crippen LogP contribution in [0.3, 0.4) is 0 Å². The zero-order valence-corrected chi connectivity index (χ0v) is 13.5. The molecule has 0 aliphatic rings. The molecule has 6 nitrogen and oxygen atoms in total. The molecule has 0 aliphatic heterocycles. The predicted octanol–water partition coefficient (Wildman–Crippen LogP) is 2.84. The first kappa shape index (κ1) is 18.2. The molecule has 0 spiro atoms. The first-order valence-corrected chi connectivity index (χ1v) is 7.12. The Balaban J connectivity index is 2.36. The van der Waals surface area contributed by atoms with Crippen LogP contribution in [0.5, 0.6) is 0 Å². The van der Waals surface area contributed by atoms with Crippen molar-refractivity contribution in [3.05, 3.63) is 47.5 Å². The molecule has 2 aromatic rings. The number of halogens is 3. The van der Waals surface area contributed by atoms with Crippen molar-refractivity contribution in [2.24, 2.45) is 10.8 Å². The van der Waals surface area contributed by atoms with Gasteiger partial charge in [-0.15, -0.1) is 0 Å². The minimum atomic E-state index is -4.46. The highest BCUT2D eigenvalue weighted by Gasteiger charge is 2.32. The van der Waals surface area contributed by atoms with Gasteiger partial charge in [0, 0.05) is 19.7 Å². The number of primary amides is 1. The lowest BCUT2D eigenvalue weighted by Crippen LogP contribution is -2.24. The molecule has 25 heavy (non-hydrogen) atoms. The maximum Gasteiger partial charge on any atom is 0.416 e. The van der Waals surface area contributed by atoms with E-state index >= 15 is 0 Å². The summed E-state index contributed by atoms with van der Waals surface area (Å²) in [5.41, 5.74) is 7.52. The van der Waals surface area contributed by atoms with Crippen LogP contribution in [0.2, 0.25) is 0 Å².